The third kappa shape index (κ3) is 2.69. The molecule has 3 nitrogen and oxygen atoms in total. The van der Waals surface area contributed by atoms with Crippen LogP contribution in [0.25, 0.3) is 0 Å². The maximum Gasteiger partial charge on any atom is 0.302 e. The molecule has 4 aliphatic carbocycles. The van der Waals surface area contributed by atoms with Gasteiger partial charge in [0.05, 0.1) is 0 Å². The van der Waals surface area contributed by atoms with Gasteiger partial charge in [-0.3, -0.25) is 9.59 Å². The van der Waals surface area contributed by atoms with E-state index in [0.717, 1.165) is 37.5 Å². The fourth-order valence-electron chi connectivity index (χ4n) is 7.10. The van der Waals surface area contributed by atoms with Crippen molar-refractivity contribution in [2.75, 3.05) is 0 Å². The van der Waals surface area contributed by atoms with Gasteiger partial charge in [-0.1, -0.05) is 19.4 Å². The van der Waals surface area contributed by atoms with Crippen molar-refractivity contribution >= 4 is 11.8 Å². The van der Waals surface area contributed by atoms with Gasteiger partial charge < -0.3 is 4.74 Å². The lowest BCUT2D eigenvalue weighted by Crippen LogP contribution is -2.48. The summed E-state index contributed by atoms with van der Waals surface area (Å²) < 4.78 is 5.89. The van der Waals surface area contributed by atoms with E-state index in [1.54, 1.807) is 6.92 Å². The zero-order chi connectivity index (χ0) is 17.8. The van der Waals surface area contributed by atoms with Crippen LogP contribution in [0.15, 0.2) is 11.6 Å². The molecule has 0 spiro atoms. The monoisotopic (exact) mass is 344 g/mol. The normalized spacial score (nSPS) is 45.9. The van der Waals surface area contributed by atoms with E-state index in [9.17, 15) is 9.59 Å². The summed E-state index contributed by atoms with van der Waals surface area (Å²) in [5.74, 6) is 3.57. The predicted octanol–water partition coefficient (Wildman–Crippen LogP) is 4.70. The zero-order valence-corrected chi connectivity index (χ0v) is 15.9. The van der Waals surface area contributed by atoms with Crippen LogP contribution in [0.2, 0.25) is 0 Å². The lowest BCUT2D eigenvalue weighted by atomic mass is 9.52. The summed E-state index contributed by atoms with van der Waals surface area (Å²) >= 11 is 0. The molecule has 0 bridgehead atoms. The number of fused-ring (bicyclic) bond motifs is 5. The van der Waals surface area contributed by atoms with Crippen LogP contribution < -0.4 is 0 Å². The second kappa shape index (κ2) is 6.25. The number of hydrogen-bond acceptors (Lipinski definition) is 3. The minimum absolute atomic E-state index is 0.103. The number of allylic oxidation sites excluding steroid dienone is 1. The van der Waals surface area contributed by atoms with E-state index in [0.29, 0.717) is 23.5 Å². The molecule has 0 aliphatic heterocycles. The molecule has 0 saturated heterocycles. The molecular weight excluding hydrogens is 312 g/mol. The average molecular weight is 344 g/mol. The summed E-state index contributed by atoms with van der Waals surface area (Å²) in [7, 11) is 0. The molecule has 0 unspecified atom stereocenters. The average Bonchev–Trinajstić information content (AvgIpc) is 2.86. The highest BCUT2D eigenvalue weighted by Gasteiger charge is 2.60. The van der Waals surface area contributed by atoms with Crippen molar-refractivity contribution in [3.05, 3.63) is 11.6 Å². The molecule has 3 saturated carbocycles. The molecule has 3 fully saturated rings. The fourth-order valence-corrected chi connectivity index (χ4v) is 7.10. The minimum Gasteiger partial charge on any atom is -0.462 e. The summed E-state index contributed by atoms with van der Waals surface area (Å²) in [5.41, 5.74) is 1.60. The fraction of sp³-hybridized carbons (Fsp3) is 0.818. The Morgan fingerprint density at radius 3 is 2.76 bits per heavy atom. The van der Waals surface area contributed by atoms with Crippen LogP contribution in [0.4, 0.5) is 0 Å². The summed E-state index contributed by atoms with van der Waals surface area (Å²) in [4.78, 5) is 23.5. The largest absolute Gasteiger partial charge is 0.462 e. The maximum absolute atomic E-state index is 11.8. The standard InChI is InChI=1S/C22H32O3/c1-4-14-12-20-19-7-5-15-11-16(24)6-8-17(15)18(19)9-10-22(20,3)21(14)25-13(2)23/h11,14,17-21H,4-10,12H2,1-3H3/t14-,17-,18+,19+,20-,21-,22-/m0/s1. The van der Waals surface area contributed by atoms with Gasteiger partial charge in [0.1, 0.15) is 6.10 Å². The van der Waals surface area contributed by atoms with Crippen molar-refractivity contribution < 1.29 is 14.3 Å². The van der Waals surface area contributed by atoms with Crippen molar-refractivity contribution in [1.82, 2.24) is 0 Å². The van der Waals surface area contributed by atoms with Gasteiger partial charge >= 0.3 is 5.97 Å². The van der Waals surface area contributed by atoms with Gasteiger partial charge in [-0.2, -0.15) is 0 Å². The highest BCUT2D eigenvalue weighted by molar-refractivity contribution is 5.91. The summed E-state index contributed by atoms with van der Waals surface area (Å²) in [6, 6.07) is 0. The van der Waals surface area contributed by atoms with Crippen molar-refractivity contribution in [2.24, 2.45) is 35.0 Å². The SMILES string of the molecule is CC[C@H]1C[C@H]2[C@@H]3CCC4=CC(=O)CC[C@@H]4[C@H]3CC[C@]2(C)[C@H]1OC(C)=O. The molecule has 7 atom stereocenters. The number of carbonyl (C=O) groups excluding carboxylic acids is 2. The molecule has 0 N–H and O–H groups in total. The summed E-state index contributed by atoms with van der Waals surface area (Å²) in [5, 5.41) is 0. The van der Waals surface area contributed by atoms with Crippen LogP contribution in [0.5, 0.6) is 0 Å². The van der Waals surface area contributed by atoms with E-state index in [1.165, 1.54) is 31.3 Å². The number of carbonyl (C=O) groups is 2. The summed E-state index contributed by atoms with van der Waals surface area (Å²) in [6.45, 7) is 6.20. The first-order valence-corrected chi connectivity index (χ1v) is 10.3. The van der Waals surface area contributed by atoms with Crippen LogP contribution >= 0.6 is 0 Å². The van der Waals surface area contributed by atoms with Crippen LogP contribution in [-0.4, -0.2) is 17.9 Å². The molecule has 0 aromatic rings. The van der Waals surface area contributed by atoms with Crippen LogP contribution in [-0.2, 0) is 14.3 Å². The molecule has 0 amide bonds. The number of ketones is 1. The Kier molecular flexibility index (Phi) is 4.32. The first-order valence-electron chi connectivity index (χ1n) is 10.3. The van der Waals surface area contributed by atoms with E-state index < -0.39 is 0 Å². The van der Waals surface area contributed by atoms with Gasteiger partial charge in [0, 0.05) is 18.8 Å². The molecule has 25 heavy (non-hydrogen) atoms. The molecule has 138 valence electrons. The number of hydrogen-bond donors (Lipinski definition) is 0. The van der Waals surface area contributed by atoms with E-state index in [2.05, 4.69) is 13.8 Å². The Hall–Kier alpha value is -1.12. The zero-order valence-electron chi connectivity index (χ0n) is 15.9. The molecule has 0 aromatic heterocycles. The van der Waals surface area contributed by atoms with Crippen LogP contribution in [0, 0.1) is 35.0 Å². The topological polar surface area (TPSA) is 43.4 Å². The molecule has 0 radical (unpaired) electrons. The van der Waals surface area contributed by atoms with E-state index in [4.69, 9.17) is 4.74 Å². The Morgan fingerprint density at radius 2 is 2.04 bits per heavy atom. The Balaban J connectivity index is 1.61. The van der Waals surface area contributed by atoms with Crippen molar-refractivity contribution in [3.63, 3.8) is 0 Å². The van der Waals surface area contributed by atoms with Crippen molar-refractivity contribution in [3.8, 4) is 0 Å². The minimum atomic E-state index is -0.118. The Bertz CT molecular complexity index is 606. The predicted molar refractivity (Wildman–Crippen MR) is 96.8 cm³/mol. The van der Waals surface area contributed by atoms with Gasteiger partial charge in [0.15, 0.2) is 5.78 Å². The van der Waals surface area contributed by atoms with Gasteiger partial charge in [-0.05, 0) is 80.6 Å². The molecule has 3 heteroatoms. The number of rotatable bonds is 2. The van der Waals surface area contributed by atoms with E-state index in [1.807, 2.05) is 6.08 Å². The van der Waals surface area contributed by atoms with Crippen molar-refractivity contribution in [2.45, 2.75) is 78.2 Å². The number of esters is 1. The number of ether oxygens (including phenoxy) is 1. The third-order valence-corrected chi connectivity index (χ3v) is 8.19. The first-order chi connectivity index (χ1) is 11.9. The van der Waals surface area contributed by atoms with E-state index in [-0.39, 0.29) is 17.5 Å². The van der Waals surface area contributed by atoms with E-state index >= 15 is 0 Å². The molecule has 4 rings (SSSR count). The lowest BCUT2D eigenvalue weighted by Gasteiger charge is -2.53. The van der Waals surface area contributed by atoms with Gasteiger partial charge in [-0.25, -0.2) is 0 Å². The second-order valence-corrected chi connectivity index (χ2v) is 9.28. The quantitative estimate of drug-likeness (QED) is 0.682. The smallest absolute Gasteiger partial charge is 0.302 e. The molecule has 0 aromatic carbocycles. The first kappa shape index (κ1) is 17.3. The van der Waals surface area contributed by atoms with Crippen LogP contribution in [0.3, 0.4) is 0 Å². The summed E-state index contributed by atoms with van der Waals surface area (Å²) in [6.07, 6.45) is 11.0. The Labute approximate surface area is 151 Å². The van der Waals surface area contributed by atoms with Gasteiger partial charge in [0.25, 0.3) is 0 Å². The van der Waals surface area contributed by atoms with Gasteiger partial charge in [0.2, 0.25) is 0 Å². The van der Waals surface area contributed by atoms with Crippen LogP contribution in [0.1, 0.15) is 72.1 Å². The molecule has 4 aliphatic rings. The molecule has 0 heterocycles. The third-order valence-electron chi connectivity index (χ3n) is 8.19. The van der Waals surface area contributed by atoms with Crippen molar-refractivity contribution in [1.29, 1.82) is 0 Å². The second-order valence-electron chi connectivity index (χ2n) is 9.28. The highest BCUT2D eigenvalue weighted by Crippen LogP contribution is 2.64. The maximum atomic E-state index is 11.8. The van der Waals surface area contributed by atoms with Gasteiger partial charge in [-0.15, -0.1) is 0 Å². The Morgan fingerprint density at radius 1 is 1.24 bits per heavy atom. The highest BCUT2D eigenvalue weighted by atomic mass is 16.5. The lowest BCUT2D eigenvalue weighted by molar-refractivity contribution is -0.159. The molecular formula is C22H32O3.